The van der Waals surface area contributed by atoms with Gasteiger partial charge >= 0.3 is 0 Å². The monoisotopic (exact) mass is 223 g/mol. The molecule has 16 heavy (non-hydrogen) atoms. The first kappa shape index (κ1) is 12.8. The average molecular weight is 223 g/mol. The quantitative estimate of drug-likeness (QED) is 0.667. The van der Waals surface area contributed by atoms with Crippen molar-refractivity contribution < 1.29 is 14.6 Å². The highest BCUT2D eigenvalue weighted by Crippen LogP contribution is 2.28. The van der Waals surface area contributed by atoms with Crippen molar-refractivity contribution in [2.45, 2.75) is 25.7 Å². The Morgan fingerprint density at radius 1 is 1.00 bits per heavy atom. The van der Waals surface area contributed by atoms with E-state index in [1.807, 2.05) is 18.2 Å². The van der Waals surface area contributed by atoms with Crippen LogP contribution < -0.4 is 9.47 Å². The van der Waals surface area contributed by atoms with Crippen molar-refractivity contribution in [2.75, 3.05) is 20.8 Å². The minimum atomic E-state index is 0.0337. The second-order valence-corrected chi connectivity index (χ2v) is 3.70. The predicted molar refractivity (Wildman–Crippen MR) is 62.7 cm³/mol. The lowest BCUT2D eigenvalue weighted by molar-refractivity contribution is 0.186. The van der Waals surface area contributed by atoms with Gasteiger partial charge in [0.05, 0.1) is 20.8 Å². The van der Waals surface area contributed by atoms with Crippen molar-refractivity contribution in [2.24, 2.45) is 0 Å². The molecule has 0 heterocycles. The van der Waals surface area contributed by atoms with E-state index < -0.39 is 0 Å². The van der Waals surface area contributed by atoms with Crippen LogP contribution in [0.3, 0.4) is 0 Å². The molecule has 0 unspecified atom stereocenters. The van der Waals surface area contributed by atoms with Crippen LogP contribution in [-0.4, -0.2) is 20.8 Å². The Morgan fingerprint density at radius 2 is 1.75 bits per heavy atom. The van der Waals surface area contributed by atoms with Crippen LogP contribution >= 0.6 is 0 Å². The summed E-state index contributed by atoms with van der Waals surface area (Å²) in [6.07, 6.45) is 3.81. The van der Waals surface area contributed by atoms with E-state index in [0.717, 1.165) is 37.2 Å². The lowest BCUT2D eigenvalue weighted by Crippen LogP contribution is -1.93. The molecule has 0 N–H and O–H groups in total. The van der Waals surface area contributed by atoms with Crippen LogP contribution in [0.4, 0.5) is 0 Å². The van der Waals surface area contributed by atoms with Gasteiger partial charge in [-0.3, -0.25) is 0 Å². The molecule has 0 aliphatic heterocycles. The second kappa shape index (κ2) is 7.12. The molecular weight excluding hydrogens is 204 g/mol. The molecule has 0 amide bonds. The molecule has 0 saturated heterocycles. The Morgan fingerprint density at radius 3 is 2.38 bits per heavy atom. The Hall–Kier alpha value is -1.22. The highest BCUT2D eigenvalue weighted by Gasteiger charge is 2.04. The Bertz CT molecular complexity index is 310. The number of hydrogen-bond acceptors (Lipinski definition) is 2. The molecule has 1 aromatic rings. The van der Waals surface area contributed by atoms with Gasteiger partial charge in [-0.15, -0.1) is 0 Å². The van der Waals surface area contributed by atoms with Crippen molar-refractivity contribution >= 4 is 0 Å². The van der Waals surface area contributed by atoms with E-state index in [-0.39, 0.29) is 6.61 Å². The van der Waals surface area contributed by atoms with E-state index in [0.29, 0.717) is 0 Å². The summed E-state index contributed by atoms with van der Waals surface area (Å²) in [4.78, 5) is 0. The SMILES string of the molecule is COc1ccc(CCCCC[O])cc1OC. The molecule has 3 heteroatoms. The molecule has 0 fully saturated rings. The highest BCUT2D eigenvalue weighted by atomic mass is 16.5. The molecule has 89 valence electrons. The molecule has 1 radical (unpaired) electrons. The third kappa shape index (κ3) is 3.74. The van der Waals surface area contributed by atoms with Gasteiger partial charge in [0, 0.05) is 0 Å². The smallest absolute Gasteiger partial charge is 0.160 e. The zero-order chi connectivity index (χ0) is 11.8. The summed E-state index contributed by atoms with van der Waals surface area (Å²) in [7, 11) is 3.27. The summed E-state index contributed by atoms with van der Waals surface area (Å²) < 4.78 is 10.4. The molecule has 1 aromatic carbocycles. The van der Waals surface area contributed by atoms with E-state index >= 15 is 0 Å². The second-order valence-electron chi connectivity index (χ2n) is 3.70. The van der Waals surface area contributed by atoms with Gasteiger partial charge in [-0.25, -0.2) is 5.11 Å². The third-order valence-electron chi connectivity index (χ3n) is 2.56. The fraction of sp³-hybridized carbons (Fsp3) is 0.538. The first-order valence-corrected chi connectivity index (χ1v) is 5.61. The number of hydrogen-bond donors (Lipinski definition) is 0. The predicted octanol–water partition coefficient (Wildman–Crippen LogP) is 2.85. The fourth-order valence-corrected chi connectivity index (χ4v) is 1.64. The molecular formula is C13H19O3. The van der Waals surface area contributed by atoms with Crippen LogP contribution in [0, 0.1) is 0 Å². The van der Waals surface area contributed by atoms with Crippen LogP contribution in [0.15, 0.2) is 18.2 Å². The van der Waals surface area contributed by atoms with E-state index in [1.165, 1.54) is 5.56 Å². The summed E-state index contributed by atoms with van der Waals surface area (Å²) in [5.74, 6) is 1.52. The lowest BCUT2D eigenvalue weighted by Gasteiger charge is -2.09. The van der Waals surface area contributed by atoms with Crippen molar-refractivity contribution in [1.82, 2.24) is 0 Å². The van der Waals surface area contributed by atoms with E-state index in [9.17, 15) is 5.11 Å². The Labute approximate surface area is 97.0 Å². The van der Waals surface area contributed by atoms with Crippen molar-refractivity contribution in [3.63, 3.8) is 0 Å². The topological polar surface area (TPSA) is 38.4 Å². The number of rotatable bonds is 7. The summed E-state index contributed by atoms with van der Waals surface area (Å²) in [6.45, 7) is 0.0337. The van der Waals surface area contributed by atoms with E-state index in [1.54, 1.807) is 14.2 Å². The van der Waals surface area contributed by atoms with Crippen LogP contribution in [0.1, 0.15) is 24.8 Å². The molecule has 0 aliphatic rings. The minimum absolute atomic E-state index is 0.0337. The molecule has 0 aromatic heterocycles. The number of methoxy groups -OCH3 is 2. The van der Waals surface area contributed by atoms with Gasteiger partial charge in [0.25, 0.3) is 0 Å². The summed E-state index contributed by atoms with van der Waals surface area (Å²) in [5.41, 5.74) is 1.23. The van der Waals surface area contributed by atoms with Crippen LogP contribution in [-0.2, 0) is 11.5 Å². The Kier molecular flexibility index (Phi) is 5.72. The van der Waals surface area contributed by atoms with Gasteiger partial charge in [-0.2, -0.15) is 0 Å². The van der Waals surface area contributed by atoms with Crippen LogP contribution in [0.25, 0.3) is 0 Å². The van der Waals surface area contributed by atoms with Gasteiger partial charge in [-0.1, -0.05) is 12.5 Å². The summed E-state index contributed by atoms with van der Waals surface area (Å²) in [6, 6.07) is 5.95. The molecule has 0 atom stereocenters. The summed E-state index contributed by atoms with van der Waals surface area (Å²) >= 11 is 0. The van der Waals surface area contributed by atoms with E-state index in [2.05, 4.69) is 0 Å². The maximum atomic E-state index is 10.3. The number of ether oxygens (including phenoxy) is 2. The zero-order valence-electron chi connectivity index (χ0n) is 9.99. The first-order valence-electron chi connectivity index (χ1n) is 5.61. The largest absolute Gasteiger partial charge is 0.493 e. The lowest BCUT2D eigenvalue weighted by atomic mass is 10.1. The number of benzene rings is 1. The Balaban J connectivity index is 2.54. The van der Waals surface area contributed by atoms with Gasteiger partial charge in [0.1, 0.15) is 0 Å². The zero-order valence-corrected chi connectivity index (χ0v) is 9.99. The molecule has 0 bridgehead atoms. The van der Waals surface area contributed by atoms with Crippen molar-refractivity contribution in [1.29, 1.82) is 0 Å². The number of unbranched alkanes of at least 4 members (excludes halogenated alkanes) is 2. The van der Waals surface area contributed by atoms with Gasteiger partial charge < -0.3 is 9.47 Å². The molecule has 0 spiro atoms. The maximum absolute atomic E-state index is 10.3. The van der Waals surface area contributed by atoms with Crippen molar-refractivity contribution in [3.05, 3.63) is 23.8 Å². The minimum Gasteiger partial charge on any atom is -0.493 e. The molecule has 0 aliphatic carbocycles. The first-order chi connectivity index (χ1) is 7.81. The number of aryl methyl sites for hydroxylation is 1. The van der Waals surface area contributed by atoms with Gasteiger partial charge in [0.15, 0.2) is 11.5 Å². The van der Waals surface area contributed by atoms with Crippen LogP contribution in [0.5, 0.6) is 11.5 Å². The van der Waals surface area contributed by atoms with Crippen molar-refractivity contribution in [3.8, 4) is 11.5 Å². The molecule has 1 rings (SSSR count). The normalized spacial score (nSPS) is 10.2. The van der Waals surface area contributed by atoms with Crippen LogP contribution in [0.2, 0.25) is 0 Å². The highest BCUT2D eigenvalue weighted by molar-refractivity contribution is 5.42. The average Bonchev–Trinajstić information content (AvgIpc) is 2.34. The third-order valence-corrected chi connectivity index (χ3v) is 2.56. The fourth-order valence-electron chi connectivity index (χ4n) is 1.64. The molecule has 3 nitrogen and oxygen atoms in total. The van der Waals surface area contributed by atoms with E-state index in [4.69, 9.17) is 9.47 Å². The maximum Gasteiger partial charge on any atom is 0.160 e. The summed E-state index contributed by atoms with van der Waals surface area (Å²) in [5, 5.41) is 10.3. The standard InChI is InChI=1S/C13H19O3/c1-15-12-8-7-11(10-13(12)16-2)6-4-3-5-9-14/h7-8,10H,3-6,9H2,1-2H3. The molecule has 0 saturated carbocycles. The van der Waals surface area contributed by atoms with Gasteiger partial charge in [-0.05, 0) is 37.0 Å². The van der Waals surface area contributed by atoms with Gasteiger partial charge in [0.2, 0.25) is 0 Å².